The van der Waals surface area contributed by atoms with Crippen LogP contribution in [0.15, 0.2) is 18.2 Å². The van der Waals surface area contributed by atoms with Crippen LogP contribution in [-0.4, -0.2) is 18.3 Å². The third kappa shape index (κ3) is 3.27. The Morgan fingerprint density at radius 1 is 1.47 bits per heavy atom. The number of rotatable bonds is 4. The van der Waals surface area contributed by atoms with Gasteiger partial charge in [-0.3, -0.25) is 0 Å². The lowest BCUT2D eigenvalue weighted by Gasteiger charge is -2.13. The van der Waals surface area contributed by atoms with E-state index in [2.05, 4.69) is 0 Å². The van der Waals surface area contributed by atoms with E-state index in [0.29, 0.717) is 24.5 Å². The van der Waals surface area contributed by atoms with Gasteiger partial charge >= 0.3 is 0 Å². The van der Waals surface area contributed by atoms with Gasteiger partial charge < -0.3 is 21.3 Å². The molecule has 86 valence electrons. The summed E-state index contributed by atoms with van der Waals surface area (Å²) in [6, 6.07) is 4.88. The van der Waals surface area contributed by atoms with Gasteiger partial charge in [0.25, 0.3) is 0 Å². The van der Waals surface area contributed by atoms with E-state index >= 15 is 0 Å². The zero-order valence-electron chi connectivity index (χ0n) is 8.64. The molecule has 0 aliphatic heterocycles. The van der Waals surface area contributed by atoms with E-state index in [4.69, 9.17) is 16.2 Å². The summed E-state index contributed by atoms with van der Waals surface area (Å²) < 4.78 is 5.23. The molecule has 0 saturated heterocycles. The van der Waals surface area contributed by atoms with Gasteiger partial charge in [0.2, 0.25) is 0 Å². The molecule has 5 heteroatoms. The van der Waals surface area contributed by atoms with Crippen LogP contribution in [0.1, 0.15) is 18.5 Å². The van der Waals surface area contributed by atoms with Crippen molar-refractivity contribution in [3.05, 3.63) is 23.8 Å². The molecule has 0 bridgehead atoms. The predicted octanol–water partition coefficient (Wildman–Crippen LogP) is 1.17. The van der Waals surface area contributed by atoms with Gasteiger partial charge in [0.05, 0.1) is 6.61 Å². The highest BCUT2D eigenvalue weighted by atomic mass is 35.5. The molecule has 0 aromatic heterocycles. The topological polar surface area (TPSA) is 81.5 Å². The smallest absolute Gasteiger partial charge is 0.162 e. The van der Waals surface area contributed by atoms with Crippen molar-refractivity contribution in [1.82, 2.24) is 0 Å². The molecule has 1 aromatic carbocycles. The summed E-state index contributed by atoms with van der Waals surface area (Å²) in [6.07, 6.45) is 0. The van der Waals surface area contributed by atoms with Crippen LogP contribution in [0.5, 0.6) is 11.5 Å². The lowest BCUT2D eigenvalue weighted by Crippen LogP contribution is -2.20. The molecule has 0 radical (unpaired) electrons. The summed E-state index contributed by atoms with van der Waals surface area (Å²) in [5, 5.41) is 9.76. The number of phenols is 1. The zero-order chi connectivity index (χ0) is 10.6. The molecule has 0 spiro atoms. The van der Waals surface area contributed by atoms with Crippen LogP contribution in [0.2, 0.25) is 0 Å². The Morgan fingerprint density at radius 2 is 2.13 bits per heavy atom. The van der Waals surface area contributed by atoms with Gasteiger partial charge in [0.15, 0.2) is 11.5 Å². The van der Waals surface area contributed by atoms with Crippen LogP contribution in [0, 0.1) is 0 Å². The molecule has 0 aliphatic rings. The second-order valence-corrected chi connectivity index (χ2v) is 2.97. The second-order valence-electron chi connectivity index (χ2n) is 2.97. The third-order valence-electron chi connectivity index (χ3n) is 1.98. The Balaban J connectivity index is 0.00000196. The van der Waals surface area contributed by atoms with E-state index in [1.165, 1.54) is 0 Å². The molecule has 0 saturated carbocycles. The van der Waals surface area contributed by atoms with Crippen LogP contribution in [0.25, 0.3) is 0 Å². The first-order valence-corrected chi connectivity index (χ1v) is 4.61. The lowest BCUT2D eigenvalue weighted by atomic mass is 10.1. The van der Waals surface area contributed by atoms with Gasteiger partial charge in [-0.05, 0) is 13.0 Å². The monoisotopic (exact) mass is 232 g/mol. The average molecular weight is 233 g/mol. The van der Waals surface area contributed by atoms with Gasteiger partial charge in [0, 0.05) is 18.2 Å². The molecule has 0 heterocycles. The number of halogens is 1. The molecule has 4 nitrogen and oxygen atoms in total. The minimum absolute atomic E-state index is 0. The minimum Gasteiger partial charge on any atom is -0.504 e. The van der Waals surface area contributed by atoms with Crippen molar-refractivity contribution in [1.29, 1.82) is 0 Å². The van der Waals surface area contributed by atoms with Crippen molar-refractivity contribution in [2.45, 2.75) is 13.0 Å². The Morgan fingerprint density at radius 3 is 2.67 bits per heavy atom. The number of ether oxygens (including phenoxy) is 1. The highest BCUT2D eigenvalue weighted by Gasteiger charge is 2.12. The summed E-state index contributed by atoms with van der Waals surface area (Å²) in [6.45, 7) is 2.66. The Kier molecular flexibility index (Phi) is 6.08. The normalized spacial score (nSPS) is 11.7. The van der Waals surface area contributed by atoms with Gasteiger partial charge in [-0.25, -0.2) is 0 Å². The molecule has 0 unspecified atom stereocenters. The van der Waals surface area contributed by atoms with E-state index in [1.54, 1.807) is 18.2 Å². The maximum Gasteiger partial charge on any atom is 0.162 e. The predicted molar refractivity (Wildman–Crippen MR) is 62.5 cm³/mol. The summed E-state index contributed by atoms with van der Waals surface area (Å²) in [4.78, 5) is 0. The Labute approximate surface area is 95.6 Å². The fraction of sp³-hybridized carbons (Fsp3) is 0.400. The fourth-order valence-electron chi connectivity index (χ4n) is 1.24. The zero-order valence-corrected chi connectivity index (χ0v) is 9.46. The highest BCUT2D eigenvalue weighted by Crippen LogP contribution is 2.32. The van der Waals surface area contributed by atoms with Crippen LogP contribution in [-0.2, 0) is 0 Å². The van der Waals surface area contributed by atoms with Crippen molar-refractivity contribution in [3.8, 4) is 11.5 Å². The minimum atomic E-state index is -0.351. The highest BCUT2D eigenvalue weighted by molar-refractivity contribution is 5.85. The molecule has 0 fully saturated rings. The largest absolute Gasteiger partial charge is 0.504 e. The lowest BCUT2D eigenvalue weighted by molar-refractivity contribution is 0.316. The maximum atomic E-state index is 9.76. The van der Waals surface area contributed by atoms with Gasteiger partial charge in [-0.1, -0.05) is 12.1 Å². The van der Waals surface area contributed by atoms with Crippen molar-refractivity contribution in [2.24, 2.45) is 11.5 Å². The first-order chi connectivity index (χ1) is 6.70. The average Bonchev–Trinajstić information content (AvgIpc) is 2.20. The Bertz CT molecular complexity index is 307. The summed E-state index contributed by atoms with van der Waals surface area (Å²) in [5.74, 6) is 0.543. The number of hydrogen-bond donors (Lipinski definition) is 3. The van der Waals surface area contributed by atoms with Gasteiger partial charge in [0.1, 0.15) is 0 Å². The van der Waals surface area contributed by atoms with Crippen LogP contribution >= 0.6 is 12.4 Å². The standard InChI is InChI=1S/C10H16N2O2.ClH/c1-2-14-9-5-3-4-7(10(9)13)8(12)6-11;/h3-5,8,13H,2,6,11-12H2,1H3;1H/t8-;/m0./s1. The van der Waals surface area contributed by atoms with E-state index in [9.17, 15) is 5.11 Å². The fourth-order valence-corrected chi connectivity index (χ4v) is 1.24. The number of aromatic hydroxyl groups is 1. The second kappa shape index (κ2) is 6.50. The molecule has 0 aliphatic carbocycles. The van der Waals surface area contributed by atoms with E-state index in [0.717, 1.165) is 0 Å². The van der Waals surface area contributed by atoms with Crippen molar-refractivity contribution >= 4 is 12.4 Å². The van der Waals surface area contributed by atoms with E-state index < -0.39 is 0 Å². The third-order valence-corrected chi connectivity index (χ3v) is 1.98. The van der Waals surface area contributed by atoms with Crippen molar-refractivity contribution in [3.63, 3.8) is 0 Å². The molecular weight excluding hydrogens is 216 g/mol. The number of benzene rings is 1. The molecule has 0 amide bonds. The number of para-hydroxylation sites is 1. The molecular formula is C10H17ClN2O2. The van der Waals surface area contributed by atoms with E-state index in [-0.39, 0.29) is 24.2 Å². The maximum absolute atomic E-state index is 9.76. The van der Waals surface area contributed by atoms with Gasteiger partial charge in [-0.15, -0.1) is 12.4 Å². The quantitative estimate of drug-likeness (QED) is 0.728. The Hall–Kier alpha value is -0.970. The molecule has 1 rings (SSSR count). The van der Waals surface area contributed by atoms with E-state index in [1.807, 2.05) is 6.92 Å². The van der Waals surface area contributed by atoms with Gasteiger partial charge in [-0.2, -0.15) is 0 Å². The SMILES string of the molecule is CCOc1cccc([C@@H](N)CN)c1O.Cl. The molecule has 1 atom stereocenters. The first kappa shape index (κ1) is 14.0. The molecule has 5 N–H and O–H groups in total. The molecule has 1 aromatic rings. The number of nitrogens with two attached hydrogens (primary N) is 2. The van der Waals surface area contributed by atoms with Crippen LogP contribution in [0.4, 0.5) is 0 Å². The van der Waals surface area contributed by atoms with Crippen molar-refractivity contribution in [2.75, 3.05) is 13.2 Å². The summed E-state index contributed by atoms with van der Waals surface area (Å²) >= 11 is 0. The number of phenolic OH excluding ortho intramolecular Hbond substituents is 1. The van der Waals surface area contributed by atoms with Crippen LogP contribution in [0.3, 0.4) is 0 Å². The summed E-state index contributed by atoms with van der Waals surface area (Å²) in [7, 11) is 0. The van der Waals surface area contributed by atoms with Crippen molar-refractivity contribution < 1.29 is 9.84 Å². The number of hydrogen-bond acceptors (Lipinski definition) is 4. The molecule has 15 heavy (non-hydrogen) atoms. The van der Waals surface area contributed by atoms with Crippen LogP contribution < -0.4 is 16.2 Å². The first-order valence-electron chi connectivity index (χ1n) is 4.61. The summed E-state index contributed by atoms with van der Waals surface area (Å²) in [5.41, 5.74) is 11.8.